The van der Waals surface area contributed by atoms with E-state index in [1.807, 2.05) is 31.1 Å². The van der Waals surface area contributed by atoms with Crippen LogP contribution in [0.3, 0.4) is 0 Å². The molecule has 2 aliphatic heterocycles. The molecule has 2 aliphatic rings. The zero-order valence-corrected chi connectivity index (χ0v) is 13.1. The van der Waals surface area contributed by atoms with E-state index in [-0.39, 0.29) is 12.1 Å². The zero-order chi connectivity index (χ0) is 16.4. The molecule has 0 aliphatic carbocycles. The van der Waals surface area contributed by atoms with Gasteiger partial charge in [-0.2, -0.15) is 0 Å². The largest absolute Gasteiger partial charge is 0.390 e. The number of aliphatic hydroxyl groups excluding tert-OH is 1. The van der Waals surface area contributed by atoms with E-state index in [1.54, 1.807) is 6.21 Å². The third kappa shape index (κ3) is 2.59. The summed E-state index contributed by atoms with van der Waals surface area (Å²) in [6.45, 7) is 3.17. The third-order valence-corrected chi connectivity index (χ3v) is 4.54. The molecule has 1 fully saturated rings. The highest BCUT2D eigenvalue weighted by atomic mass is 35.5. The van der Waals surface area contributed by atoms with Crippen LogP contribution in [0, 0.1) is 0 Å². The second-order valence-electron chi connectivity index (χ2n) is 5.59. The lowest BCUT2D eigenvalue weighted by Gasteiger charge is -2.46. The molecule has 0 radical (unpaired) electrons. The van der Waals surface area contributed by atoms with Crippen molar-refractivity contribution < 1.29 is 9.90 Å². The minimum atomic E-state index is -0.447. The summed E-state index contributed by atoms with van der Waals surface area (Å²) in [6.07, 6.45) is 5.37. The standard InChI is InChI=1S/C15H15ClN4O.CH2O/c16-9-2-3-10-11(6-9)20-14(19-10)15(4-1-5-17-8-15)13-12(21)7-18-13;1-2/h1-6,12-13,18,21H,7-8H2,(H,19,20);1H2. The normalized spacial score (nSPS) is 29.0. The fraction of sp³-hybridized carbons (Fsp3) is 0.312. The molecule has 6 nitrogen and oxygen atoms in total. The van der Waals surface area contributed by atoms with Crippen molar-refractivity contribution in [3.63, 3.8) is 0 Å². The quantitative estimate of drug-likeness (QED) is 0.772. The third-order valence-electron chi connectivity index (χ3n) is 4.31. The number of aromatic nitrogens is 2. The Morgan fingerprint density at radius 3 is 2.83 bits per heavy atom. The first kappa shape index (κ1) is 15.9. The smallest absolute Gasteiger partial charge is 0.120 e. The van der Waals surface area contributed by atoms with Crippen LogP contribution in [0.1, 0.15) is 5.82 Å². The molecule has 1 saturated heterocycles. The molecule has 3 heterocycles. The number of nitrogens with zero attached hydrogens (tertiary/aromatic N) is 2. The summed E-state index contributed by atoms with van der Waals surface area (Å²) in [5, 5.41) is 14.1. The molecule has 3 N–H and O–H groups in total. The van der Waals surface area contributed by atoms with Crippen LogP contribution in [0.4, 0.5) is 0 Å². The monoisotopic (exact) mass is 332 g/mol. The molecule has 4 rings (SSSR count). The maximum atomic E-state index is 10.1. The minimum absolute atomic E-state index is 0.0813. The van der Waals surface area contributed by atoms with Crippen molar-refractivity contribution in [2.75, 3.05) is 13.1 Å². The lowest BCUT2D eigenvalue weighted by Crippen LogP contribution is -2.67. The van der Waals surface area contributed by atoms with Gasteiger partial charge in [0, 0.05) is 17.8 Å². The van der Waals surface area contributed by atoms with E-state index in [9.17, 15) is 5.11 Å². The van der Waals surface area contributed by atoms with E-state index < -0.39 is 5.41 Å². The van der Waals surface area contributed by atoms with Crippen LogP contribution in [-0.4, -0.2) is 53.3 Å². The van der Waals surface area contributed by atoms with Gasteiger partial charge in [0.2, 0.25) is 0 Å². The summed E-state index contributed by atoms with van der Waals surface area (Å²) in [5.74, 6) is 0.809. The van der Waals surface area contributed by atoms with Crippen LogP contribution >= 0.6 is 11.6 Å². The second-order valence-corrected chi connectivity index (χ2v) is 6.03. The fourth-order valence-electron chi connectivity index (χ4n) is 3.10. The van der Waals surface area contributed by atoms with E-state index in [1.165, 1.54) is 0 Å². The van der Waals surface area contributed by atoms with Gasteiger partial charge < -0.3 is 20.2 Å². The number of fused-ring (bicyclic) bond motifs is 1. The van der Waals surface area contributed by atoms with Gasteiger partial charge in [0.1, 0.15) is 12.6 Å². The van der Waals surface area contributed by atoms with Gasteiger partial charge in [-0.1, -0.05) is 17.7 Å². The number of dihydropyridines is 1. The number of β-amino-alcohol motifs (C(OH)–C–C–N with tert-alkyl or cyclic N) is 1. The van der Waals surface area contributed by atoms with Gasteiger partial charge in [-0.25, -0.2) is 4.98 Å². The van der Waals surface area contributed by atoms with Crippen molar-refractivity contribution in [2.45, 2.75) is 17.6 Å². The van der Waals surface area contributed by atoms with E-state index in [0.717, 1.165) is 16.9 Å². The molecule has 2 aromatic rings. The molecule has 0 spiro atoms. The second kappa shape index (κ2) is 6.23. The van der Waals surface area contributed by atoms with Gasteiger partial charge in [0.25, 0.3) is 0 Å². The van der Waals surface area contributed by atoms with E-state index in [0.29, 0.717) is 18.1 Å². The molecule has 1 aromatic heterocycles. The van der Waals surface area contributed by atoms with E-state index in [2.05, 4.69) is 21.4 Å². The summed E-state index contributed by atoms with van der Waals surface area (Å²) in [7, 11) is 0. The van der Waals surface area contributed by atoms with Crippen LogP contribution < -0.4 is 5.32 Å². The SMILES string of the molecule is C=O.OC1CNC1C1(c2nc3ccc(Cl)cc3[nH]2)C=CC=NC1. The maximum absolute atomic E-state index is 10.1. The van der Waals surface area contributed by atoms with Crippen molar-refractivity contribution in [3.05, 3.63) is 41.2 Å². The predicted octanol–water partition coefficient (Wildman–Crippen LogP) is 1.24. The summed E-state index contributed by atoms with van der Waals surface area (Å²) < 4.78 is 0. The van der Waals surface area contributed by atoms with Crippen molar-refractivity contribution in [2.24, 2.45) is 4.99 Å². The number of aliphatic hydroxyl groups is 1. The van der Waals surface area contributed by atoms with Gasteiger partial charge in [0.15, 0.2) is 0 Å². The number of aliphatic imine (C=N–C) groups is 1. The Bertz CT molecular complexity index is 773. The fourth-order valence-corrected chi connectivity index (χ4v) is 3.28. The van der Waals surface area contributed by atoms with Crippen LogP contribution in [0.15, 0.2) is 35.3 Å². The molecule has 3 unspecified atom stereocenters. The molecular formula is C16H17ClN4O2. The van der Waals surface area contributed by atoms with Crippen LogP contribution in [0.5, 0.6) is 0 Å². The maximum Gasteiger partial charge on any atom is 0.120 e. The Kier molecular flexibility index (Phi) is 4.30. The first-order chi connectivity index (χ1) is 11.2. The number of imidazole rings is 1. The number of halogens is 1. The average molecular weight is 333 g/mol. The summed E-state index contributed by atoms with van der Waals surface area (Å²) in [5.41, 5.74) is 1.32. The molecular weight excluding hydrogens is 316 g/mol. The Hall–Kier alpha value is -2.02. The lowest BCUT2D eigenvalue weighted by atomic mass is 9.72. The van der Waals surface area contributed by atoms with Gasteiger partial charge in [-0.05, 0) is 24.3 Å². The summed E-state index contributed by atoms with van der Waals surface area (Å²) in [4.78, 5) is 20.4. The highest BCUT2D eigenvalue weighted by molar-refractivity contribution is 6.31. The van der Waals surface area contributed by atoms with Crippen LogP contribution in [0.25, 0.3) is 11.0 Å². The zero-order valence-electron chi connectivity index (χ0n) is 12.4. The van der Waals surface area contributed by atoms with Crippen molar-refractivity contribution in [3.8, 4) is 0 Å². The number of hydrogen-bond acceptors (Lipinski definition) is 5. The van der Waals surface area contributed by atoms with Crippen molar-refractivity contribution in [1.82, 2.24) is 15.3 Å². The van der Waals surface area contributed by atoms with Gasteiger partial charge in [0.05, 0.1) is 35.1 Å². The van der Waals surface area contributed by atoms with Crippen molar-refractivity contribution >= 4 is 35.6 Å². The molecule has 3 atom stereocenters. The Morgan fingerprint density at radius 1 is 1.39 bits per heavy atom. The van der Waals surface area contributed by atoms with Crippen LogP contribution in [0.2, 0.25) is 5.02 Å². The first-order valence-corrected chi connectivity index (χ1v) is 7.60. The average Bonchev–Trinajstić information content (AvgIpc) is 3.00. The predicted molar refractivity (Wildman–Crippen MR) is 90.2 cm³/mol. The number of H-pyrrole nitrogens is 1. The molecule has 120 valence electrons. The number of nitrogens with one attached hydrogen (secondary N) is 2. The number of carbonyl (C=O) groups is 1. The number of allylic oxidation sites excluding steroid dienone is 1. The number of rotatable bonds is 2. The number of hydrogen-bond donors (Lipinski definition) is 3. The molecule has 1 aromatic carbocycles. The first-order valence-electron chi connectivity index (χ1n) is 7.23. The lowest BCUT2D eigenvalue weighted by molar-refractivity contribution is -0.0979. The topological polar surface area (TPSA) is 90.4 Å². The number of carbonyl (C=O) groups excluding carboxylic acids is 1. The molecule has 23 heavy (non-hydrogen) atoms. The molecule has 0 bridgehead atoms. The number of aromatic amines is 1. The highest BCUT2D eigenvalue weighted by Gasteiger charge is 2.49. The van der Waals surface area contributed by atoms with Crippen LogP contribution in [-0.2, 0) is 10.2 Å². The minimum Gasteiger partial charge on any atom is -0.390 e. The Morgan fingerprint density at radius 2 is 2.22 bits per heavy atom. The van der Waals surface area contributed by atoms with Crippen molar-refractivity contribution in [1.29, 1.82) is 0 Å². The van der Waals surface area contributed by atoms with Gasteiger partial charge >= 0.3 is 0 Å². The molecule has 0 saturated carbocycles. The van der Waals surface area contributed by atoms with Gasteiger partial charge in [-0.3, -0.25) is 4.99 Å². The Balaban J connectivity index is 0.000000753. The summed E-state index contributed by atoms with van der Waals surface area (Å²) in [6, 6.07) is 5.50. The van der Waals surface area contributed by atoms with E-state index in [4.69, 9.17) is 21.4 Å². The molecule has 7 heteroatoms. The van der Waals surface area contributed by atoms with E-state index >= 15 is 0 Å². The number of benzene rings is 1. The Labute approximate surface area is 138 Å². The van der Waals surface area contributed by atoms with Gasteiger partial charge in [-0.15, -0.1) is 0 Å². The molecule has 0 amide bonds. The summed E-state index contributed by atoms with van der Waals surface area (Å²) >= 11 is 6.03. The highest BCUT2D eigenvalue weighted by Crippen LogP contribution is 2.35.